The SMILES string of the molecule is CCOP(=O)(CC#N)OCC.C[Si](C)(C)CCOCn1ccc2c(-c3cn[nH]c3)ncnc21.C[Si](C)(C)CCOCn1ccc2c(-c3cnn(C(CC#N)C4CC4)c3)ncnc21.N#CC=CC1CC1.O=CC1CC1.[2H][B].[U]. The van der Waals surface area contributed by atoms with Gasteiger partial charge in [-0.15, -0.1) is 0 Å². The normalized spacial score (nSPS) is 14.4. The molecular formula is C52H75BN13O6PSi2U. The molecule has 1 atom stereocenters. The second-order valence-electron chi connectivity index (χ2n) is 20.7. The number of ether oxygens (including phenoxy) is 2. The van der Waals surface area contributed by atoms with Gasteiger partial charge in [-0.05, 0) is 89.8 Å². The van der Waals surface area contributed by atoms with Crippen LogP contribution in [0.4, 0.5) is 0 Å². The zero-order valence-electron chi connectivity index (χ0n) is 46.5. The number of nitrogens with zero attached hydrogens (tertiary/aromatic N) is 12. The fraction of sp³-hybridized carbons (Fsp3) is 0.538. The molecule has 3 fully saturated rings. The van der Waals surface area contributed by atoms with Gasteiger partial charge in [-0.2, -0.15) is 26.0 Å². The standard InChI is InChI=1S/C21H28N6OSi.C15H21N5OSi.C6H12NO3P.C6H7N.C4H6O.BH.U/c1-29(2,3)11-10-28-15-26-9-7-18-20(23-14-24-21(18)26)17-12-25-27(13-17)19(6-8-22)16-4-5-16;1-22(2,3)7-6-21-11-20-5-4-13-14(12-8-18-19-9-12)16-10-17-15(13)20;1-3-9-11(8,6-5-7)10-4-2;7-5-1-2-6-3-4-6;5-3-4-1-2-4;;/h7,9,12-14,16,19H,4-6,10-11,15H2,1-3H3;4-5,8-10H,6-7,11H2,1-3H3,(H,18,19);3-4,6H2,1-2H3;1-2,6H,3-4H2;3-4H,1-2H2;1H;/i;;;;;1D;. The topological polar surface area (TPSA) is 250 Å². The van der Waals surface area contributed by atoms with E-state index < -0.39 is 23.7 Å². The van der Waals surface area contributed by atoms with Crippen molar-refractivity contribution in [1.29, 1.82) is 17.1 Å². The van der Waals surface area contributed by atoms with Gasteiger partial charge in [0.1, 0.15) is 49.9 Å². The first kappa shape index (κ1) is 63.7. The van der Waals surface area contributed by atoms with Gasteiger partial charge in [0.2, 0.25) is 0 Å². The van der Waals surface area contributed by atoms with E-state index in [0.717, 1.165) is 88.9 Å². The van der Waals surface area contributed by atoms with E-state index >= 15 is 0 Å². The molecule has 0 spiro atoms. The maximum absolute atomic E-state index is 11.3. The number of aromatic amines is 1. The van der Waals surface area contributed by atoms with Crippen LogP contribution in [0.1, 0.15) is 64.8 Å². The molecule has 6 heterocycles. The van der Waals surface area contributed by atoms with E-state index in [1.807, 2.05) is 69.1 Å². The van der Waals surface area contributed by atoms with Crippen LogP contribution in [0.5, 0.6) is 0 Å². The number of nitriles is 3. The third-order valence-electron chi connectivity index (χ3n) is 11.8. The molecule has 0 bridgehead atoms. The van der Waals surface area contributed by atoms with Gasteiger partial charge in [0.05, 0.1) is 67.7 Å². The molecule has 2 radical (unpaired) electrons. The molecule has 3 aliphatic carbocycles. The van der Waals surface area contributed by atoms with E-state index in [0.29, 0.717) is 44.9 Å². The van der Waals surface area contributed by atoms with Crippen molar-refractivity contribution in [3.8, 4) is 40.7 Å². The molecule has 3 aliphatic rings. The Bertz CT molecular complexity index is 2870. The Morgan fingerprint density at radius 1 is 0.803 bits per heavy atom. The minimum atomic E-state index is -3.08. The van der Waals surface area contributed by atoms with E-state index in [9.17, 15) is 9.36 Å². The molecule has 76 heavy (non-hydrogen) atoms. The summed E-state index contributed by atoms with van der Waals surface area (Å²) in [5.74, 6) is 1.77. The van der Waals surface area contributed by atoms with Crippen LogP contribution >= 0.6 is 7.60 Å². The number of rotatable bonds is 22. The second-order valence-corrected chi connectivity index (χ2v) is 34.0. The summed E-state index contributed by atoms with van der Waals surface area (Å²) in [6, 6.07) is 12.6. The van der Waals surface area contributed by atoms with E-state index in [4.69, 9.17) is 35.6 Å². The Hall–Kier alpha value is -4.84. The van der Waals surface area contributed by atoms with Crippen LogP contribution in [0.3, 0.4) is 0 Å². The molecule has 24 heteroatoms. The summed E-state index contributed by atoms with van der Waals surface area (Å²) in [6.07, 6.45) is 26.8. The smallest absolute Gasteiger partial charge is 0.344 e. The van der Waals surface area contributed by atoms with Gasteiger partial charge in [0, 0.05) is 128 Å². The Kier molecular flexibility index (Phi) is 27.5. The van der Waals surface area contributed by atoms with Crippen LogP contribution in [0.2, 0.25) is 51.4 Å². The fourth-order valence-electron chi connectivity index (χ4n) is 7.14. The summed E-state index contributed by atoms with van der Waals surface area (Å²) >= 11 is 0. The van der Waals surface area contributed by atoms with Gasteiger partial charge >= 0.3 is 7.60 Å². The third-order valence-corrected chi connectivity index (χ3v) is 17.1. The predicted octanol–water partition coefficient (Wildman–Crippen LogP) is 10.8. The van der Waals surface area contributed by atoms with Gasteiger partial charge < -0.3 is 32.4 Å². The minimum Gasteiger partial charge on any atom is -0.361 e. The van der Waals surface area contributed by atoms with Gasteiger partial charge in [-0.1, -0.05) is 45.4 Å². The Morgan fingerprint density at radius 3 is 1.75 bits per heavy atom. The number of nitrogens with one attached hydrogen (secondary N) is 1. The van der Waals surface area contributed by atoms with E-state index in [-0.39, 0.29) is 43.3 Å². The van der Waals surface area contributed by atoms with Crippen LogP contribution in [0, 0.1) is 82.9 Å². The summed E-state index contributed by atoms with van der Waals surface area (Å²) < 4.78 is 43.9. The Labute approximate surface area is 477 Å². The zero-order valence-corrected chi connectivity index (χ0v) is 52.5. The maximum atomic E-state index is 11.3. The van der Waals surface area contributed by atoms with Crippen molar-refractivity contribution >= 4 is 60.5 Å². The van der Waals surface area contributed by atoms with Crippen LogP contribution in [-0.2, 0) is 41.3 Å². The van der Waals surface area contributed by atoms with Crippen molar-refractivity contribution < 1.29 is 59.0 Å². The Balaban J connectivity index is 0.000000284. The first-order valence-electron chi connectivity index (χ1n) is 26.1. The Morgan fingerprint density at radius 2 is 1.34 bits per heavy atom. The van der Waals surface area contributed by atoms with Gasteiger partial charge in [-0.3, -0.25) is 14.3 Å². The molecule has 0 saturated heterocycles. The fourth-order valence-corrected chi connectivity index (χ4v) is 9.87. The number of H-pyrrole nitrogens is 1. The minimum absolute atomic E-state index is 0. The molecule has 6 aromatic heterocycles. The van der Waals surface area contributed by atoms with Gasteiger partial charge in [0.25, 0.3) is 0 Å². The number of allylic oxidation sites excluding steroid dienone is 2. The summed E-state index contributed by atoms with van der Waals surface area (Å²) in [5, 5.41) is 38.8. The summed E-state index contributed by atoms with van der Waals surface area (Å²) in [4.78, 5) is 27.3. The summed E-state index contributed by atoms with van der Waals surface area (Å²) in [6.45, 7) is 20.7. The number of fused-ring (bicyclic) bond motifs is 2. The summed E-state index contributed by atoms with van der Waals surface area (Å²) in [7, 11) is -1.47. The quantitative estimate of drug-likeness (QED) is 0.0218. The van der Waals surface area contributed by atoms with Gasteiger partial charge in [-0.25, -0.2) is 19.9 Å². The number of hydrogen-bond donors (Lipinski definition) is 1. The number of carbonyl (C=O) groups is 1. The molecule has 9 rings (SSSR count). The maximum Gasteiger partial charge on any atom is 0.344 e. The zero-order chi connectivity index (χ0) is 55.6. The number of aldehydes is 1. The monoisotopic (exact) mass is 1310 g/mol. The van der Waals surface area contributed by atoms with Crippen LogP contribution in [-0.4, -0.2) is 114 Å². The number of aromatic nitrogens is 10. The van der Waals surface area contributed by atoms with Crippen molar-refractivity contribution in [2.75, 3.05) is 32.6 Å². The molecule has 0 amide bonds. The van der Waals surface area contributed by atoms with Crippen molar-refractivity contribution in [3.63, 3.8) is 0 Å². The molecular weight excluding hydrogens is 1240 g/mol. The first-order valence-corrected chi connectivity index (χ1v) is 34.6. The summed E-state index contributed by atoms with van der Waals surface area (Å²) in [5.41, 5.74) is 5.43. The van der Waals surface area contributed by atoms with E-state index in [1.165, 1.54) is 31.7 Å². The van der Waals surface area contributed by atoms with Crippen molar-refractivity contribution in [2.24, 2.45) is 17.8 Å². The molecule has 1 unspecified atom stereocenters. The second kappa shape index (κ2) is 32.8. The van der Waals surface area contributed by atoms with E-state index in [2.05, 4.69) is 89.0 Å². The van der Waals surface area contributed by atoms with Gasteiger partial charge in [0.15, 0.2) is 0 Å². The number of hydrogen-bond acceptors (Lipinski definition) is 15. The van der Waals surface area contributed by atoms with Crippen LogP contribution in [0.25, 0.3) is 44.6 Å². The van der Waals surface area contributed by atoms with Crippen molar-refractivity contribution in [3.05, 3.63) is 74.1 Å². The average Bonchev–Trinajstić information content (AvgIpc) is 4.37. The van der Waals surface area contributed by atoms with Crippen molar-refractivity contribution in [1.82, 2.24) is 49.0 Å². The number of carbonyl (C=O) groups excluding carboxylic acids is 1. The van der Waals surface area contributed by atoms with Crippen LogP contribution < -0.4 is 0 Å². The molecule has 1 N–H and O–H groups in total. The molecule has 404 valence electrons. The molecule has 0 aromatic carbocycles. The van der Waals surface area contributed by atoms with E-state index in [1.54, 1.807) is 44.8 Å². The average molecular weight is 1320 g/mol. The first-order chi connectivity index (χ1) is 36.5. The largest absolute Gasteiger partial charge is 0.361 e. The molecule has 19 nitrogen and oxygen atoms in total. The van der Waals surface area contributed by atoms with Crippen LogP contribution in [0.15, 0.2) is 74.1 Å². The molecule has 6 aromatic rings. The third kappa shape index (κ3) is 22.6. The molecule has 3 saturated carbocycles. The molecule has 0 aliphatic heterocycles. The van der Waals surface area contributed by atoms with Crippen molar-refractivity contribution in [2.45, 2.75) is 130 Å². The predicted molar refractivity (Wildman–Crippen MR) is 299 cm³/mol.